The molecule has 2 heteroatoms. The summed E-state index contributed by atoms with van der Waals surface area (Å²) < 4.78 is 0. The van der Waals surface area contributed by atoms with E-state index in [-0.39, 0.29) is 11.5 Å². The molecule has 0 fully saturated rings. The molecule has 58 valence electrons. The third kappa shape index (κ3) is 1.58. The van der Waals surface area contributed by atoms with Gasteiger partial charge < -0.3 is 5.11 Å². The summed E-state index contributed by atoms with van der Waals surface area (Å²) in [5.74, 6) is -0.0514. The number of allylic oxidation sites excluding steroid dienone is 4. The quantitative estimate of drug-likeness (QED) is 0.619. The molecule has 1 rings (SSSR count). The van der Waals surface area contributed by atoms with Crippen LogP contribution in [0, 0.1) is 0 Å². The molecule has 1 aliphatic carbocycles. The summed E-state index contributed by atoms with van der Waals surface area (Å²) in [6.07, 6.45) is 3.85. The molecular formula is C9H10O2. The topological polar surface area (TPSA) is 37.3 Å². The maximum Gasteiger partial charge on any atom is 0.163 e. The van der Waals surface area contributed by atoms with Crippen molar-refractivity contribution in [1.29, 1.82) is 0 Å². The molecule has 0 radical (unpaired) electrons. The molecule has 0 bridgehead atoms. The lowest BCUT2D eigenvalue weighted by molar-refractivity contribution is -0.113. The van der Waals surface area contributed by atoms with Crippen LogP contribution in [-0.2, 0) is 4.79 Å². The molecule has 0 aromatic carbocycles. The molecule has 0 aromatic rings. The van der Waals surface area contributed by atoms with Crippen LogP contribution in [0.4, 0.5) is 0 Å². The van der Waals surface area contributed by atoms with Crippen LogP contribution < -0.4 is 0 Å². The van der Waals surface area contributed by atoms with Crippen molar-refractivity contribution in [1.82, 2.24) is 0 Å². The van der Waals surface area contributed by atoms with Gasteiger partial charge >= 0.3 is 0 Å². The summed E-state index contributed by atoms with van der Waals surface area (Å²) in [6, 6.07) is 0. The molecule has 1 aliphatic rings. The highest BCUT2D eigenvalue weighted by atomic mass is 16.3. The van der Waals surface area contributed by atoms with Crippen LogP contribution in [0.3, 0.4) is 0 Å². The van der Waals surface area contributed by atoms with E-state index >= 15 is 0 Å². The summed E-state index contributed by atoms with van der Waals surface area (Å²) in [5, 5.41) is 9.19. The largest absolute Gasteiger partial charge is 0.508 e. The lowest BCUT2D eigenvalue weighted by Crippen LogP contribution is -2.03. The highest BCUT2D eigenvalue weighted by molar-refractivity contribution is 5.97. The van der Waals surface area contributed by atoms with E-state index in [0.717, 1.165) is 5.57 Å². The molecule has 1 N–H and O–H groups in total. The number of ketones is 1. The molecule has 0 atom stereocenters. The van der Waals surface area contributed by atoms with Gasteiger partial charge in [0.1, 0.15) is 5.76 Å². The number of aliphatic hydroxyl groups is 1. The zero-order valence-corrected chi connectivity index (χ0v) is 6.42. The number of hydrogen-bond donors (Lipinski definition) is 1. The van der Waals surface area contributed by atoms with Crippen LogP contribution in [-0.4, -0.2) is 10.9 Å². The fraction of sp³-hybridized carbons (Fsp3) is 0.222. The molecule has 0 saturated heterocycles. The second-order valence-electron chi connectivity index (χ2n) is 2.57. The Kier molecular flexibility index (Phi) is 1.94. The minimum Gasteiger partial charge on any atom is -0.508 e. The molecule has 0 amide bonds. The lowest BCUT2D eigenvalue weighted by atomic mass is 9.99. The van der Waals surface area contributed by atoms with E-state index in [1.807, 2.05) is 0 Å². The normalized spacial score (nSPS) is 17.4. The molecule has 0 saturated carbocycles. The van der Waals surface area contributed by atoms with Crippen molar-refractivity contribution in [3.63, 3.8) is 0 Å². The minimum absolute atomic E-state index is 0.0740. The monoisotopic (exact) mass is 150 g/mol. The number of Topliss-reactive ketones (excluding diaryl/α,β-unsaturated/α-hetero) is 1. The Labute approximate surface area is 65.5 Å². The van der Waals surface area contributed by atoms with Crippen LogP contribution >= 0.6 is 0 Å². The summed E-state index contributed by atoms with van der Waals surface area (Å²) in [6.45, 7) is 5.12. The van der Waals surface area contributed by atoms with Gasteiger partial charge in [0, 0.05) is 0 Å². The van der Waals surface area contributed by atoms with Crippen LogP contribution in [0.5, 0.6) is 0 Å². The number of aliphatic hydroxyl groups excluding tert-OH is 1. The Morgan fingerprint density at radius 3 is 2.82 bits per heavy atom. The van der Waals surface area contributed by atoms with Gasteiger partial charge in [-0.3, -0.25) is 4.79 Å². The number of carbonyl (C=O) groups is 1. The Morgan fingerprint density at radius 1 is 1.73 bits per heavy atom. The number of hydrogen-bond acceptors (Lipinski definition) is 2. The van der Waals surface area contributed by atoms with Gasteiger partial charge in [-0.1, -0.05) is 12.2 Å². The van der Waals surface area contributed by atoms with E-state index in [2.05, 4.69) is 6.58 Å². The zero-order chi connectivity index (χ0) is 8.43. The maximum atomic E-state index is 10.8. The van der Waals surface area contributed by atoms with Gasteiger partial charge in [0.05, 0.1) is 5.57 Å². The Bertz CT molecular complexity index is 269. The van der Waals surface area contributed by atoms with Gasteiger partial charge in [-0.2, -0.15) is 0 Å². The van der Waals surface area contributed by atoms with E-state index in [0.29, 0.717) is 12.0 Å². The third-order valence-electron chi connectivity index (χ3n) is 1.56. The summed E-state index contributed by atoms with van der Waals surface area (Å²) >= 11 is 0. The van der Waals surface area contributed by atoms with E-state index in [9.17, 15) is 9.90 Å². The van der Waals surface area contributed by atoms with E-state index in [4.69, 9.17) is 0 Å². The van der Waals surface area contributed by atoms with E-state index in [1.54, 1.807) is 12.2 Å². The zero-order valence-electron chi connectivity index (χ0n) is 6.42. The van der Waals surface area contributed by atoms with Gasteiger partial charge in [0.2, 0.25) is 0 Å². The molecule has 0 aliphatic heterocycles. The average molecular weight is 150 g/mol. The molecule has 0 unspecified atom stereocenters. The van der Waals surface area contributed by atoms with Gasteiger partial charge in [0.15, 0.2) is 5.78 Å². The maximum absolute atomic E-state index is 10.8. The SMILES string of the molecule is C=C1C=C(C(C)=O)C(O)=CC1. The van der Waals surface area contributed by atoms with Crippen LogP contribution in [0.2, 0.25) is 0 Å². The van der Waals surface area contributed by atoms with Crippen molar-refractivity contribution in [2.75, 3.05) is 0 Å². The Balaban J connectivity index is 2.99. The highest BCUT2D eigenvalue weighted by Gasteiger charge is 2.12. The molecular weight excluding hydrogens is 140 g/mol. The smallest absolute Gasteiger partial charge is 0.163 e. The van der Waals surface area contributed by atoms with Gasteiger partial charge in [-0.05, 0) is 25.5 Å². The fourth-order valence-electron chi connectivity index (χ4n) is 0.957. The first-order valence-corrected chi connectivity index (χ1v) is 3.41. The molecule has 0 aromatic heterocycles. The first-order chi connectivity index (χ1) is 5.11. The van der Waals surface area contributed by atoms with E-state index < -0.39 is 0 Å². The second-order valence-corrected chi connectivity index (χ2v) is 2.57. The van der Waals surface area contributed by atoms with Gasteiger partial charge in [-0.15, -0.1) is 0 Å². The number of rotatable bonds is 1. The molecule has 2 nitrogen and oxygen atoms in total. The van der Waals surface area contributed by atoms with Gasteiger partial charge in [0.25, 0.3) is 0 Å². The van der Waals surface area contributed by atoms with Crippen LogP contribution in [0.15, 0.2) is 35.6 Å². The minimum atomic E-state index is -0.125. The van der Waals surface area contributed by atoms with E-state index in [1.165, 1.54) is 6.92 Å². The second kappa shape index (κ2) is 2.74. The van der Waals surface area contributed by atoms with Crippen LogP contribution in [0.25, 0.3) is 0 Å². The Hall–Kier alpha value is -1.31. The van der Waals surface area contributed by atoms with Gasteiger partial charge in [-0.25, -0.2) is 0 Å². The third-order valence-corrected chi connectivity index (χ3v) is 1.56. The van der Waals surface area contributed by atoms with Crippen molar-refractivity contribution in [3.05, 3.63) is 35.6 Å². The van der Waals surface area contributed by atoms with Crippen molar-refractivity contribution in [3.8, 4) is 0 Å². The van der Waals surface area contributed by atoms with Crippen molar-refractivity contribution < 1.29 is 9.90 Å². The predicted molar refractivity (Wildman–Crippen MR) is 43.2 cm³/mol. The molecule has 0 spiro atoms. The molecule has 11 heavy (non-hydrogen) atoms. The summed E-state index contributed by atoms with van der Waals surface area (Å²) in [4.78, 5) is 10.8. The number of carbonyl (C=O) groups excluding carboxylic acids is 1. The van der Waals surface area contributed by atoms with Crippen molar-refractivity contribution >= 4 is 5.78 Å². The fourth-order valence-corrected chi connectivity index (χ4v) is 0.957. The summed E-state index contributed by atoms with van der Waals surface area (Å²) in [7, 11) is 0. The first kappa shape index (κ1) is 7.79. The Morgan fingerprint density at radius 2 is 2.36 bits per heavy atom. The first-order valence-electron chi connectivity index (χ1n) is 3.41. The predicted octanol–water partition coefficient (Wildman–Crippen LogP) is 1.90. The standard InChI is InChI=1S/C9H10O2/c1-6-3-4-9(11)8(5-6)7(2)10/h4-5,11H,1,3H2,2H3. The van der Waals surface area contributed by atoms with Crippen LogP contribution in [0.1, 0.15) is 13.3 Å². The average Bonchev–Trinajstić information content (AvgIpc) is 1.94. The van der Waals surface area contributed by atoms with Crippen molar-refractivity contribution in [2.24, 2.45) is 0 Å². The lowest BCUT2D eigenvalue weighted by Gasteiger charge is -2.08. The van der Waals surface area contributed by atoms with Crippen molar-refractivity contribution in [2.45, 2.75) is 13.3 Å². The highest BCUT2D eigenvalue weighted by Crippen LogP contribution is 2.19. The summed E-state index contributed by atoms with van der Waals surface area (Å²) in [5.41, 5.74) is 1.22. The molecule has 0 heterocycles.